The molecule has 0 spiro atoms. The topological polar surface area (TPSA) is 43.6 Å². The Morgan fingerprint density at radius 3 is 2.93 bits per heavy atom. The molecule has 14 heavy (non-hydrogen) atoms. The molecule has 1 heterocycles. The summed E-state index contributed by atoms with van der Waals surface area (Å²) in [6.45, 7) is 3.72. The van der Waals surface area contributed by atoms with Crippen LogP contribution in [0, 0.1) is 0 Å². The number of benzene rings is 1. The molecular weight excluding hydrogens is 176 g/mol. The summed E-state index contributed by atoms with van der Waals surface area (Å²) in [6.07, 6.45) is 4.27. The second-order valence-electron chi connectivity index (χ2n) is 2.88. The first-order valence-electron chi connectivity index (χ1n) is 4.34. The molecule has 1 aromatic carbocycles. The first-order chi connectivity index (χ1) is 6.92. The van der Waals surface area contributed by atoms with E-state index >= 15 is 0 Å². The highest BCUT2D eigenvalue weighted by atomic mass is 15.5. The highest BCUT2D eigenvalue weighted by Gasteiger charge is 2.02. The van der Waals surface area contributed by atoms with Crippen LogP contribution in [0.3, 0.4) is 0 Å². The summed E-state index contributed by atoms with van der Waals surface area (Å²) in [4.78, 5) is 0. The molecule has 0 aliphatic carbocycles. The van der Waals surface area contributed by atoms with E-state index in [-0.39, 0.29) is 0 Å². The normalized spacial score (nSPS) is 10.0. The number of rotatable bonds is 3. The Bertz CT molecular complexity index is 419. The van der Waals surface area contributed by atoms with Crippen LogP contribution < -0.4 is 0 Å². The number of allylic oxidation sites excluding steroid dienone is 1. The fourth-order valence-corrected chi connectivity index (χ4v) is 1.33. The van der Waals surface area contributed by atoms with Crippen LogP contribution in [0.25, 0.3) is 5.69 Å². The van der Waals surface area contributed by atoms with E-state index in [9.17, 15) is 0 Å². The van der Waals surface area contributed by atoms with E-state index < -0.39 is 0 Å². The van der Waals surface area contributed by atoms with E-state index in [1.54, 1.807) is 11.0 Å². The maximum Gasteiger partial charge on any atom is 0.143 e. The van der Waals surface area contributed by atoms with Gasteiger partial charge in [-0.25, -0.2) is 4.68 Å². The maximum absolute atomic E-state index is 3.85. The van der Waals surface area contributed by atoms with Gasteiger partial charge in [-0.1, -0.05) is 24.3 Å². The monoisotopic (exact) mass is 186 g/mol. The molecule has 1 aromatic heterocycles. The fourth-order valence-electron chi connectivity index (χ4n) is 1.33. The van der Waals surface area contributed by atoms with Crippen molar-refractivity contribution in [3.63, 3.8) is 0 Å². The van der Waals surface area contributed by atoms with Crippen LogP contribution in [0.1, 0.15) is 5.56 Å². The summed E-state index contributed by atoms with van der Waals surface area (Å²) in [7, 11) is 0. The average Bonchev–Trinajstić information content (AvgIpc) is 2.72. The van der Waals surface area contributed by atoms with Gasteiger partial charge in [0.2, 0.25) is 0 Å². The Labute approximate surface area is 81.9 Å². The zero-order valence-electron chi connectivity index (χ0n) is 7.67. The molecule has 0 atom stereocenters. The Hall–Kier alpha value is -1.97. The van der Waals surface area contributed by atoms with Crippen molar-refractivity contribution >= 4 is 0 Å². The summed E-state index contributed by atoms with van der Waals surface area (Å²) in [5.41, 5.74) is 2.16. The van der Waals surface area contributed by atoms with Crippen LogP contribution in [0.4, 0.5) is 0 Å². The van der Waals surface area contributed by atoms with E-state index in [2.05, 4.69) is 22.1 Å². The number of hydrogen-bond donors (Lipinski definition) is 0. The second-order valence-corrected chi connectivity index (χ2v) is 2.88. The van der Waals surface area contributed by atoms with Gasteiger partial charge < -0.3 is 0 Å². The quantitative estimate of drug-likeness (QED) is 0.680. The number of para-hydroxylation sites is 1. The van der Waals surface area contributed by atoms with Crippen LogP contribution in [0.5, 0.6) is 0 Å². The smallest absolute Gasteiger partial charge is 0.143 e. The SMILES string of the molecule is C=CCc1ccccc1-n1cnnn1. The lowest BCUT2D eigenvalue weighted by atomic mass is 10.1. The van der Waals surface area contributed by atoms with Crippen molar-refractivity contribution in [2.75, 3.05) is 0 Å². The van der Waals surface area contributed by atoms with Crippen LogP contribution >= 0.6 is 0 Å². The Balaban J connectivity index is 2.46. The van der Waals surface area contributed by atoms with Gasteiger partial charge in [-0.15, -0.1) is 11.7 Å². The predicted octanol–water partition coefficient (Wildman–Crippen LogP) is 1.39. The van der Waals surface area contributed by atoms with E-state index in [0.717, 1.165) is 17.7 Å². The molecule has 0 N–H and O–H groups in total. The van der Waals surface area contributed by atoms with Gasteiger partial charge in [-0.05, 0) is 28.5 Å². The van der Waals surface area contributed by atoms with Gasteiger partial charge in [-0.3, -0.25) is 0 Å². The third-order valence-corrected chi connectivity index (χ3v) is 1.95. The molecule has 0 bridgehead atoms. The summed E-state index contributed by atoms with van der Waals surface area (Å²) in [5.74, 6) is 0. The van der Waals surface area contributed by atoms with Gasteiger partial charge in [-0.2, -0.15) is 0 Å². The van der Waals surface area contributed by atoms with Crippen molar-refractivity contribution in [2.24, 2.45) is 0 Å². The summed E-state index contributed by atoms with van der Waals surface area (Å²) >= 11 is 0. The van der Waals surface area contributed by atoms with Crippen molar-refractivity contribution in [3.8, 4) is 5.69 Å². The minimum atomic E-state index is 0.816. The molecule has 0 aliphatic rings. The maximum atomic E-state index is 3.85. The predicted molar refractivity (Wildman–Crippen MR) is 53.1 cm³/mol. The summed E-state index contributed by atoms with van der Waals surface area (Å²) in [6, 6.07) is 7.98. The molecule has 0 aliphatic heterocycles. The van der Waals surface area contributed by atoms with E-state index in [1.807, 2.05) is 30.3 Å². The van der Waals surface area contributed by atoms with Crippen molar-refractivity contribution in [3.05, 3.63) is 48.8 Å². The van der Waals surface area contributed by atoms with Crippen molar-refractivity contribution in [1.29, 1.82) is 0 Å². The molecule has 2 aromatic rings. The van der Waals surface area contributed by atoms with Crippen LogP contribution in [0.15, 0.2) is 43.2 Å². The third-order valence-electron chi connectivity index (χ3n) is 1.95. The van der Waals surface area contributed by atoms with Crippen molar-refractivity contribution in [2.45, 2.75) is 6.42 Å². The van der Waals surface area contributed by atoms with Gasteiger partial charge in [0.1, 0.15) is 6.33 Å². The molecule has 4 heteroatoms. The first-order valence-corrected chi connectivity index (χ1v) is 4.34. The molecule has 2 rings (SSSR count). The second kappa shape index (κ2) is 3.83. The fraction of sp³-hybridized carbons (Fsp3) is 0.100. The summed E-state index contributed by atoms with van der Waals surface area (Å²) < 4.78 is 1.65. The molecule has 4 nitrogen and oxygen atoms in total. The van der Waals surface area contributed by atoms with Crippen molar-refractivity contribution in [1.82, 2.24) is 20.2 Å². The standard InChI is InChI=1S/C10H10N4/c1-2-5-9-6-3-4-7-10(9)14-8-11-12-13-14/h2-4,6-8H,1,5H2. The minimum absolute atomic E-state index is 0.816. The van der Waals surface area contributed by atoms with Gasteiger partial charge in [0, 0.05) is 0 Å². The zero-order valence-corrected chi connectivity index (χ0v) is 7.67. The van der Waals surface area contributed by atoms with Gasteiger partial charge in [0.15, 0.2) is 0 Å². The minimum Gasteiger partial charge on any atom is -0.200 e. The largest absolute Gasteiger partial charge is 0.200 e. The molecule has 0 amide bonds. The Kier molecular flexibility index (Phi) is 2.36. The Morgan fingerprint density at radius 2 is 2.21 bits per heavy atom. The van der Waals surface area contributed by atoms with Crippen LogP contribution in [-0.2, 0) is 6.42 Å². The zero-order chi connectivity index (χ0) is 9.80. The lowest BCUT2D eigenvalue weighted by Gasteiger charge is -2.04. The van der Waals surface area contributed by atoms with Gasteiger partial charge in [0.05, 0.1) is 5.69 Å². The third kappa shape index (κ3) is 1.54. The van der Waals surface area contributed by atoms with Gasteiger partial charge in [0.25, 0.3) is 0 Å². The highest BCUT2D eigenvalue weighted by molar-refractivity contribution is 5.40. The number of nitrogens with zero attached hydrogens (tertiary/aromatic N) is 4. The first kappa shape index (κ1) is 8.62. The molecule has 0 saturated carbocycles. The molecule has 0 fully saturated rings. The average molecular weight is 186 g/mol. The number of aromatic nitrogens is 4. The highest BCUT2D eigenvalue weighted by Crippen LogP contribution is 2.13. The van der Waals surface area contributed by atoms with E-state index in [0.29, 0.717) is 0 Å². The van der Waals surface area contributed by atoms with Crippen molar-refractivity contribution < 1.29 is 0 Å². The number of hydrogen-bond acceptors (Lipinski definition) is 3. The Morgan fingerprint density at radius 1 is 1.36 bits per heavy atom. The lowest BCUT2D eigenvalue weighted by molar-refractivity contribution is 0.783. The molecular formula is C10H10N4. The van der Waals surface area contributed by atoms with E-state index in [4.69, 9.17) is 0 Å². The van der Waals surface area contributed by atoms with Gasteiger partial charge >= 0.3 is 0 Å². The molecule has 0 saturated heterocycles. The molecule has 0 radical (unpaired) electrons. The number of tetrazole rings is 1. The van der Waals surface area contributed by atoms with Crippen LogP contribution in [0.2, 0.25) is 0 Å². The van der Waals surface area contributed by atoms with E-state index in [1.165, 1.54) is 0 Å². The molecule has 0 unspecified atom stereocenters. The van der Waals surface area contributed by atoms with Crippen LogP contribution in [-0.4, -0.2) is 20.2 Å². The summed E-state index contributed by atoms with van der Waals surface area (Å²) in [5, 5.41) is 11.1. The molecule has 70 valence electrons. The lowest BCUT2D eigenvalue weighted by Crippen LogP contribution is -1.99.